The van der Waals surface area contributed by atoms with Crippen molar-refractivity contribution >= 4 is 12.6 Å². The summed E-state index contributed by atoms with van der Waals surface area (Å²) in [7, 11) is 0. The highest BCUT2D eigenvalue weighted by Crippen LogP contribution is 2.33. The molecule has 2 heteroatoms. The molecule has 0 amide bonds. The predicted molar refractivity (Wildman–Crippen MR) is 44.3 cm³/mol. The molecule has 0 aromatic carbocycles. The smallest absolute Gasteiger partial charge is 0.0562 e. The number of rotatable bonds is 0. The maximum Gasteiger partial charge on any atom is 0.0562 e. The van der Waals surface area contributed by atoms with Gasteiger partial charge in [0.1, 0.15) is 0 Å². The Morgan fingerprint density at radius 3 is 3.30 bits per heavy atom. The first-order chi connectivity index (χ1) is 4.88. The van der Waals surface area contributed by atoms with E-state index < -0.39 is 0 Å². The predicted octanol–water partition coefficient (Wildman–Crippen LogP) is 2.00. The summed E-state index contributed by atoms with van der Waals surface area (Å²) in [6.45, 7) is 0. The van der Waals surface area contributed by atoms with Crippen molar-refractivity contribution in [3.05, 3.63) is 29.6 Å². The summed E-state index contributed by atoms with van der Waals surface area (Å²) in [6, 6.07) is 4.13. The minimum atomic E-state index is 0.385. The van der Waals surface area contributed by atoms with Crippen LogP contribution in [-0.4, -0.2) is 4.98 Å². The first-order valence-corrected chi connectivity index (χ1v) is 4.01. The Labute approximate surface area is 65.9 Å². The Balaban J connectivity index is 2.51. The number of hydrogen-bond acceptors (Lipinski definition) is 2. The molecule has 1 aromatic rings. The average Bonchev–Trinajstić information content (AvgIpc) is 2.34. The second kappa shape index (κ2) is 2.27. The van der Waals surface area contributed by atoms with E-state index in [2.05, 4.69) is 23.7 Å². The Bertz CT molecular complexity index is 247. The topological polar surface area (TPSA) is 12.9 Å². The molecule has 1 atom stereocenters. The number of pyridine rings is 1. The molecule has 1 aliphatic rings. The van der Waals surface area contributed by atoms with Crippen molar-refractivity contribution in [1.29, 1.82) is 0 Å². The van der Waals surface area contributed by atoms with Crippen LogP contribution in [-0.2, 0) is 6.42 Å². The lowest BCUT2D eigenvalue weighted by atomic mass is 10.2. The molecule has 0 saturated carbocycles. The summed E-state index contributed by atoms with van der Waals surface area (Å²) in [6.07, 6.45) is 4.14. The van der Waals surface area contributed by atoms with Gasteiger partial charge in [-0.1, -0.05) is 6.07 Å². The lowest BCUT2D eigenvalue weighted by Crippen LogP contribution is -1.87. The number of fused-ring (bicyclic) bond motifs is 1. The van der Waals surface area contributed by atoms with Crippen LogP contribution >= 0.6 is 12.6 Å². The fraction of sp³-hybridized carbons (Fsp3) is 0.375. The van der Waals surface area contributed by atoms with Gasteiger partial charge < -0.3 is 0 Å². The van der Waals surface area contributed by atoms with Gasteiger partial charge in [0.25, 0.3) is 0 Å². The van der Waals surface area contributed by atoms with Gasteiger partial charge in [0.15, 0.2) is 0 Å². The zero-order chi connectivity index (χ0) is 6.97. The molecule has 0 bridgehead atoms. The van der Waals surface area contributed by atoms with Gasteiger partial charge in [0, 0.05) is 11.4 Å². The highest BCUT2D eigenvalue weighted by Gasteiger charge is 2.19. The molecule has 0 spiro atoms. The number of aromatic nitrogens is 1. The minimum Gasteiger partial charge on any atom is -0.260 e. The molecule has 0 N–H and O–H groups in total. The van der Waals surface area contributed by atoms with Crippen molar-refractivity contribution < 1.29 is 0 Å². The second-order valence-corrected chi connectivity index (χ2v) is 3.23. The van der Waals surface area contributed by atoms with E-state index in [9.17, 15) is 0 Å². The van der Waals surface area contributed by atoms with Crippen molar-refractivity contribution in [2.75, 3.05) is 0 Å². The molecular formula is C8H9NS. The second-order valence-electron chi connectivity index (χ2n) is 2.60. The van der Waals surface area contributed by atoms with Gasteiger partial charge in [-0.25, -0.2) is 0 Å². The van der Waals surface area contributed by atoms with Crippen molar-refractivity contribution in [3.8, 4) is 0 Å². The summed E-state index contributed by atoms with van der Waals surface area (Å²) in [4.78, 5) is 4.26. The van der Waals surface area contributed by atoms with Gasteiger partial charge in [0.05, 0.1) is 5.69 Å². The normalized spacial score (nSPS) is 22.7. The van der Waals surface area contributed by atoms with E-state index in [4.69, 9.17) is 0 Å². The first-order valence-electron chi connectivity index (χ1n) is 3.50. The lowest BCUT2D eigenvalue weighted by molar-refractivity contribution is 0.883. The zero-order valence-corrected chi connectivity index (χ0v) is 6.51. The number of aryl methyl sites for hydroxylation is 1. The van der Waals surface area contributed by atoms with Gasteiger partial charge >= 0.3 is 0 Å². The maximum atomic E-state index is 4.41. The van der Waals surface area contributed by atoms with E-state index in [1.165, 1.54) is 11.3 Å². The van der Waals surface area contributed by atoms with Crippen molar-refractivity contribution in [3.63, 3.8) is 0 Å². The number of hydrogen-bond donors (Lipinski definition) is 1. The zero-order valence-electron chi connectivity index (χ0n) is 5.62. The molecule has 0 radical (unpaired) electrons. The van der Waals surface area contributed by atoms with Crippen LogP contribution < -0.4 is 0 Å². The molecule has 1 nitrogen and oxygen atoms in total. The number of nitrogens with zero attached hydrogens (tertiary/aromatic N) is 1. The Hall–Kier alpha value is -0.500. The van der Waals surface area contributed by atoms with Crippen LogP contribution in [0.1, 0.15) is 22.9 Å². The fourth-order valence-electron chi connectivity index (χ4n) is 1.39. The van der Waals surface area contributed by atoms with Crippen molar-refractivity contribution in [2.45, 2.75) is 18.1 Å². The van der Waals surface area contributed by atoms with Crippen LogP contribution in [0.2, 0.25) is 0 Å². The number of thiol groups is 1. The summed E-state index contributed by atoms with van der Waals surface area (Å²) in [5.74, 6) is 0. The van der Waals surface area contributed by atoms with Crippen molar-refractivity contribution in [2.24, 2.45) is 0 Å². The molecule has 0 unspecified atom stereocenters. The molecule has 1 aliphatic carbocycles. The minimum absolute atomic E-state index is 0.385. The Kier molecular flexibility index (Phi) is 1.42. The van der Waals surface area contributed by atoms with E-state index in [1.807, 2.05) is 12.3 Å². The molecule has 10 heavy (non-hydrogen) atoms. The van der Waals surface area contributed by atoms with E-state index in [0.29, 0.717) is 5.25 Å². The van der Waals surface area contributed by atoms with Gasteiger partial charge in [-0.15, -0.1) is 0 Å². The monoisotopic (exact) mass is 151 g/mol. The summed E-state index contributed by atoms with van der Waals surface area (Å²) >= 11 is 4.41. The van der Waals surface area contributed by atoms with Gasteiger partial charge in [-0.3, -0.25) is 4.98 Å². The average molecular weight is 151 g/mol. The summed E-state index contributed by atoms with van der Waals surface area (Å²) < 4.78 is 0. The molecule has 1 heterocycles. The first kappa shape index (κ1) is 6.23. The van der Waals surface area contributed by atoms with E-state index in [1.54, 1.807) is 0 Å². The molecule has 2 rings (SSSR count). The highest BCUT2D eigenvalue weighted by molar-refractivity contribution is 7.80. The molecule has 1 aromatic heterocycles. The van der Waals surface area contributed by atoms with E-state index in [-0.39, 0.29) is 0 Å². The van der Waals surface area contributed by atoms with Crippen molar-refractivity contribution in [1.82, 2.24) is 4.98 Å². The molecule has 0 aliphatic heterocycles. The quantitative estimate of drug-likeness (QED) is 0.559. The van der Waals surface area contributed by atoms with Gasteiger partial charge in [-0.2, -0.15) is 12.6 Å². The van der Waals surface area contributed by atoms with Gasteiger partial charge in [0.2, 0.25) is 0 Å². The van der Waals surface area contributed by atoms with Crippen LogP contribution in [0.4, 0.5) is 0 Å². The fourth-order valence-corrected chi connectivity index (χ4v) is 1.75. The highest BCUT2D eigenvalue weighted by atomic mass is 32.1. The largest absolute Gasteiger partial charge is 0.260 e. The van der Waals surface area contributed by atoms with Crippen LogP contribution in [0.25, 0.3) is 0 Å². The Morgan fingerprint density at radius 1 is 1.60 bits per heavy atom. The summed E-state index contributed by atoms with van der Waals surface area (Å²) in [5.41, 5.74) is 2.56. The molecule has 0 saturated heterocycles. The Morgan fingerprint density at radius 2 is 2.50 bits per heavy atom. The third-order valence-electron chi connectivity index (χ3n) is 1.93. The standard InChI is InChI=1S/C8H9NS/c10-7-4-3-6-2-1-5-9-8(6)7/h1-2,5,7,10H,3-4H2/t7-/m0/s1. The van der Waals surface area contributed by atoms with Crippen LogP contribution in [0.3, 0.4) is 0 Å². The van der Waals surface area contributed by atoms with E-state index >= 15 is 0 Å². The van der Waals surface area contributed by atoms with Gasteiger partial charge in [-0.05, 0) is 24.5 Å². The molecule has 52 valence electrons. The SMILES string of the molecule is S[C@H]1CCc2cccnc21. The molecule has 0 fully saturated rings. The van der Waals surface area contributed by atoms with Crippen LogP contribution in [0.15, 0.2) is 18.3 Å². The van der Waals surface area contributed by atoms with Crippen LogP contribution in [0.5, 0.6) is 0 Å². The summed E-state index contributed by atoms with van der Waals surface area (Å²) in [5, 5.41) is 0.385. The third kappa shape index (κ3) is 0.833. The van der Waals surface area contributed by atoms with E-state index in [0.717, 1.165) is 12.8 Å². The maximum absolute atomic E-state index is 4.41. The molecular weight excluding hydrogens is 142 g/mol. The third-order valence-corrected chi connectivity index (χ3v) is 2.43. The van der Waals surface area contributed by atoms with Crippen LogP contribution in [0, 0.1) is 0 Å². The lowest BCUT2D eigenvalue weighted by Gasteiger charge is -1.99.